The summed E-state index contributed by atoms with van der Waals surface area (Å²) in [6.07, 6.45) is -2.61. The number of benzene rings is 1. The van der Waals surface area contributed by atoms with Crippen LogP contribution in [0.5, 0.6) is 0 Å². The molecule has 1 aromatic carbocycles. The molecule has 0 fully saturated rings. The third kappa shape index (κ3) is 5.37. The molecular formula is C12H15F2NO5S. The van der Waals surface area contributed by atoms with E-state index in [-0.39, 0.29) is 23.6 Å². The Bertz CT molecular complexity index is 604. The number of alkyl halides is 2. The Hall–Kier alpha value is -1.58. The van der Waals surface area contributed by atoms with Crippen LogP contribution in [-0.4, -0.2) is 45.7 Å². The van der Waals surface area contributed by atoms with Crippen LogP contribution in [0.15, 0.2) is 23.1 Å². The molecule has 118 valence electrons. The van der Waals surface area contributed by atoms with Gasteiger partial charge in [0.1, 0.15) is 6.61 Å². The molecule has 21 heavy (non-hydrogen) atoms. The van der Waals surface area contributed by atoms with Gasteiger partial charge in [0, 0.05) is 6.54 Å². The number of halogens is 2. The second-order valence-corrected chi connectivity index (χ2v) is 5.88. The molecule has 0 spiro atoms. The molecule has 9 heteroatoms. The molecule has 0 bridgehead atoms. The number of sulfonamides is 1. The van der Waals surface area contributed by atoms with Crippen LogP contribution in [0.2, 0.25) is 0 Å². The molecule has 0 aliphatic carbocycles. The van der Waals surface area contributed by atoms with Crippen LogP contribution in [-0.2, 0) is 14.8 Å². The number of carboxylic acid groups (broad SMARTS) is 1. The molecule has 1 aromatic rings. The van der Waals surface area contributed by atoms with Gasteiger partial charge >= 0.3 is 5.97 Å². The van der Waals surface area contributed by atoms with Crippen molar-refractivity contribution in [3.05, 3.63) is 29.3 Å². The Balaban J connectivity index is 2.74. The molecule has 0 unspecified atom stereocenters. The molecule has 0 heterocycles. The van der Waals surface area contributed by atoms with E-state index in [4.69, 9.17) is 5.11 Å². The van der Waals surface area contributed by atoms with E-state index in [1.165, 1.54) is 19.1 Å². The molecule has 2 N–H and O–H groups in total. The van der Waals surface area contributed by atoms with Gasteiger partial charge in [-0.25, -0.2) is 26.7 Å². The van der Waals surface area contributed by atoms with Gasteiger partial charge in [0.2, 0.25) is 10.0 Å². The van der Waals surface area contributed by atoms with Crippen LogP contribution in [0.25, 0.3) is 0 Å². The molecule has 0 saturated carbocycles. The first-order chi connectivity index (χ1) is 9.74. The Morgan fingerprint density at radius 2 is 2.10 bits per heavy atom. The fourth-order valence-electron chi connectivity index (χ4n) is 1.52. The predicted octanol–water partition coefficient (Wildman–Crippen LogP) is 1.25. The highest BCUT2D eigenvalue weighted by Gasteiger charge is 2.18. The van der Waals surface area contributed by atoms with E-state index >= 15 is 0 Å². The molecule has 0 aliphatic rings. The molecule has 1 rings (SSSR count). The highest BCUT2D eigenvalue weighted by Crippen LogP contribution is 2.17. The number of ether oxygens (including phenoxy) is 1. The van der Waals surface area contributed by atoms with Crippen molar-refractivity contribution in [2.24, 2.45) is 0 Å². The van der Waals surface area contributed by atoms with Gasteiger partial charge in [-0.05, 0) is 24.6 Å². The lowest BCUT2D eigenvalue weighted by atomic mass is 10.1. The Morgan fingerprint density at radius 3 is 2.67 bits per heavy atom. The van der Waals surface area contributed by atoms with Crippen molar-refractivity contribution >= 4 is 16.0 Å². The lowest BCUT2D eigenvalue weighted by molar-refractivity contribution is 0.0199. The molecule has 0 amide bonds. The van der Waals surface area contributed by atoms with Gasteiger partial charge in [-0.1, -0.05) is 6.07 Å². The summed E-state index contributed by atoms with van der Waals surface area (Å²) in [5.41, 5.74) is 0.218. The van der Waals surface area contributed by atoms with E-state index in [0.717, 1.165) is 6.07 Å². The zero-order valence-electron chi connectivity index (χ0n) is 11.2. The first-order valence-electron chi connectivity index (χ1n) is 5.93. The standard InChI is InChI=1S/C12H15F2NO5S/c1-8-2-3-9(12(16)17)6-10(8)21(18,19)15-4-5-20-7-11(13)14/h2-3,6,11,15H,4-5,7H2,1H3,(H,16,17). The average Bonchev–Trinajstić information content (AvgIpc) is 2.37. The fourth-order valence-corrected chi connectivity index (χ4v) is 2.80. The summed E-state index contributed by atoms with van der Waals surface area (Å²) in [4.78, 5) is 10.7. The minimum Gasteiger partial charge on any atom is -0.478 e. The number of aryl methyl sites for hydroxylation is 1. The van der Waals surface area contributed by atoms with E-state index < -0.39 is 29.0 Å². The average molecular weight is 323 g/mol. The first-order valence-corrected chi connectivity index (χ1v) is 7.42. The van der Waals surface area contributed by atoms with E-state index in [1.54, 1.807) is 0 Å². The smallest absolute Gasteiger partial charge is 0.335 e. The lowest BCUT2D eigenvalue weighted by Crippen LogP contribution is -2.28. The van der Waals surface area contributed by atoms with E-state index in [9.17, 15) is 22.0 Å². The molecule has 0 saturated heterocycles. The maximum Gasteiger partial charge on any atom is 0.335 e. The summed E-state index contributed by atoms with van der Waals surface area (Å²) < 4.78 is 54.4. The van der Waals surface area contributed by atoms with Crippen LogP contribution >= 0.6 is 0 Å². The van der Waals surface area contributed by atoms with Crippen molar-refractivity contribution in [3.8, 4) is 0 Å². The molecule has 0 aromatic heterocycles. The van der Waals surface area contributed by atoms with E-state index in [2.05, 4.69) is 9.46 Å². The number of nitrogens with one attached hydrogen (secondary N) is 1. The largest absolute Gasteiger partial charge is 0.478 e. The van der Waals surface area contributed by atoms with E-state index in [1.807, 2.05) is 0 Å². The molecule has 0 radical (unpaired) electrons. The second-order valence-electron chi connectivity index (χ2n) is 4.15. The van der Waals surface area contributed by atoms with Gasteiger partial charge in [0.15, 0.2) is 0 Å². The number of carboxylic acids is 1. The highest BCUT2D eigenvalue weighted by molar-refractivity contribution is 7.89. The number of aromatic carboxylic acids is 1. The summed E-state index contributed by atoms with van der Waals surface area (Å²) in [5.74, 6) is -1.24. The van der Waals surface area contributed by atoms with Crippen molar-refractivity contribution < 1.29 is 31.8 Å². The summed E-state index contributed by atoms with van der Waals surface area (Å²) in [6, 6.07) is 3.72. The van der Waals surface area contributed by atoms with Gasteiger partial charge in [0.25, 0.3) is 6.43 Å². The maximum absolute atomic E-state index is 12.0. The van der Waals surface area contributed by atoms with Gasteiger partial charge in [0.05, 0.1) is 17.1 Å². The van der Waals surface area contributed by atoms with Crippen molar-refractivity contribution in [1.29, 1.82) is 0 Å². The van der Waals surface area contributed by atoms with Crippen LogP contribution in [0.4, 0.5) is 8.78 Å². The Kier molecular flexibility index (Phi) is 6.19. The number of rotatable bonds is 8. The quantitative estimate of drug-likeness (QED) is 0.703. The molecule has 0 aliphatic heterocycles. The van der Waals surface area contributed by atoms with Crippen LogP contribution < -0.4 is 4.72 Å². The van der Waals surface area contributed by atoms with Crippen LogP contribution in [0.3, 0.4) is 0 Å². The number of carbonyl (C=O) groups is 1. The van der Waals surface area contributed by atoms with Gasteiger partial charge in [-0.3, -0.25) is 0 Å². The van der Waals surface area contributed by atoms with Crippen molar-refractivity contribution in [2.75, 3.05) is 19.8 Å². The summed E-state index contributed by atoms with van der Waals surface area (Å²) in [5, 5.41) is 8.86. The first kappa shape index (κ1) is 17.5. The van der Waals surface area contributed by atoms with Crippen molar-refractivity contribution in [3.63, 3.8) is 0 Å². The number of hydrogen-bond donors (Lipinski definition) is 2. The molecule has 6 nitrogen and oxygen atoms in total. The van der Waals surface area contributed by atoms with Crippen LogP contribution in [0.1, 0.15) is 15.9 Å². The minimum atomic E-state index is -3.93. The summed E-state index contributed by atoms with van der Waals surface area (Å²) in [6.45, 7) is 0.357. The zero-order valence-corrected chi connectivity index (χ0v) is 12.0. The zero-order chi connectivity index (χ0) is 16.0. The van der Waals surface area contributed by atoms with Crippen molar-refractivity contribution in [2.45, 2.75) is 18.2 Å². The summed E-state index contributed by atoms with van der Waals surface area (Å²) in [7, 11) is -3.93. The normalized spacial score (nSPS) is 11.8. The van der Waals surface area contributed by atoms with Crippen LogP contribution in [0, 0.1) is 6.92 Å². The fraction of sp³-hybridized carbons (Fsp3) is 0.417. The topological polar surface area (TPSA) is 92.7 Å². The Morgan fingerprint density at radius 1 is 1.43 bits per heavy atom. The SMILES string of the molecule is Cc1ccc(C(=O)O)cc1S(=O)(=O)NCCOCC(F)F. The lowest BCUT2D eigenvalue weighted by Gasteiger charge is -2.10. The third-order valence-corrected chi connectivity index (χ3v) is 4.11. The molecular weight excluding hydrogens is 308 g/mol. The van der Waals surface area contributed by atoms with Crippen molar-refractivity contribution in [1.82, 2.24) is 4.72 Å². The second kappa shape index (κ2) is 7.43. The maximum atomic E-state index is 12.0. The monoisotopic (exact) mass is 323 g/mol. The van der Waals surface area contributed by atoms with E-state index in [0.29, 0.717) is 5.56 Å². The highest BCUT2D eigenvalue weighted by atomic mass is 32.2. The summed E-state index contributed by atoms with van der Waals surface area (Å²) >= 11 is 0. The minimum absolute atomic E-state index is 0.157. The predicted molar refractivity (Wildman–Crippen MR) is 70.1 cm³/mol. The number of hydrogen-bond acceptors (Lipinski definition) is 4. The van der Waals surface area contributed by atoms with Gasteiger partial charge in [-0.15, -0.1) is 0 Å². The Labute approximate surface area is 120 Å². The van der Waals surface area contributed by atoms with Gasteiger partial charge in [-0.2, -0.15) is 0 Å². The third-order valence-electron chi connectivity index (χ3n) is 2.51. The van der Waals surface area contributed by atoms with Gasteiger partial charge < -0.3 is 9.84 Å². The molecule has 0 atom stereocenters.